The second-order valence-corrected chi connectivity index (χ2v) is 7.03. The molecule has 6 nitrogen and oxygen atoms in total. The van der Waals surface area contributed by atoms with Crippen LogP contribution in [-0.2, 0) is 4.79 Å². The molecule has 1 aliphatic heterocycles. The number of carbonyl (C=O) groups excluding carboxylic acids is 2. The van der Waals surface area contributed by atoms with Crippen LogP contribution < -0.4 is 16.0 Å². The van der Waals surface area contributed by atoms with Gasteiger partial charge in [-0.3, -0.25) is 9.69 Å². The van der Waals surface area contributed by atoms with Crippen molar-refractivity contribution in [2.45, 2.75) is 25.3 Å². The molecule has 1 aliphatic rings. The Labute approximate surface area is 168 Å². The van der Waals surface area contributed by atoms with E-state index in [0.717, 1.165) is 44.0 Å². The first-order valence-corrected chi connectivity index (χ1v) is 9.59. The highest BCUT2D eigenvalue weighted by Crippen LogP contribution is 2.17. The number of benzene rings is 2. The maximum atomic E-state index is 13.3. The van der Waals surface area contributed by atoms with Gasteiger partial charge in [0.2, 0.25) is 5.91 Å². The molecule has 3 rings (SSSR count). The molecule has 3 N–H and O–H groups in total. The number of anilines is 2. The van der Waals surface area contributed by atoms with Gasteiger partial charge in [0.1, 0.15) is 11.6 Å². The van der Waals surface area contributed by atoms with Crippen LogP contribution >= 0.6 is 0 Å². The van der Waals surface area contributed by atoms with Crippen LogP contribution in [0.4, 0.5) is 25.0 Å². The lowest BCUT2D eigenvalue weighted by atomic mass is 10.0. The van der Waals surface area contributed by atoms with Gasteiger partial charge in [-0.15, -0.1) is 0 Å². The first-order chi connectivity index (χ1) is 14.0. The summed E-state index contributed by atoms with van der Waals surface area (Å²) in [5, 5.41) is 8.14. The summed E-state index contributed by atoms with van der Waals surface area (Å²) >= 11 is 0. The van der Waals surface area contributed by atoms with E-state index in [1.165, 1.54) is 0 Å². The van der Waals surface area contributed by atoms with Gasteiger partial charge in [0.05, 0.1) is 6.54 Å². The molecule has 0 aromatic heterocycles. The second-order valence-electron chi connectivity index (χ2n) is 7.03. The minimum absolute atomic E-state index is 0.0141. The highest BCUT2D eigenvalue weighted by atomic mass is 19.1. The van der Waals surface area contributed by atoms with Crippen molar-refractivity contribution in [1.82, 2.24) is 10.2 Å². The van der Waals surface area contributed by atoms with E-state index in [-0.39, 0.29) is 30.2 Å². The van der Waals surface area contributed by atoms with Crippen LogP contribution in [0.25, 0.3) is 0 Å². The second kappa shape index (κ2) is 9.97. The normalized spacial score (nSPS) is 16.8. The van der Waals surface area contributed by atoms with E-state index in [1.54, 1.807) is 12.1 Å². The fraction of sp³-hybridized carbons (Fsp3) is 0.333. The molecule has 2 aromatic carbocycles. The van der Waals surface area contributed by atoms with Crippen LogP contribution in [0.3, 0.4) is 0 Å². The molecule has 29 heavy (non-hydrogen) atoms. The summed E-state index contributed by atoms with van der Waals surface area (Å²) in [7, 11) is 0. The number of urea groups is 1. The molecule has 1 fully saturated rings. The standard InChI is InChI=1S/C21H24F2N4O2/c22-15-10-16(23)12-18(11-15)25-20(28)14-27-9-5-4-8-19(27)13-24-21(29)26-17-6-2-1-3-7-17/h1-3,6-7,10-12,19H,4-5,8-9,13-14H2,(H,25,28)(H2,24,26,29). The SMILES string of the molecule is O=C(CN1CCCCC1CNC(=O)Nc1ccccc1)Nc1cc(F)cc(F)c1. The van der Waals surface area contributed by atoms with E-state index in [9.17, 15) is 18.4 Å². The zero-order valence-electron chi connectivity index (χ0n) is 16.0. The van der Waals surface area contributed by atoms with Crippen LogP contribution in [0.15, 0.2) is 48.5 Å². The largest absolute Gasteiger partial charge is 0.336 e. The average Bonchev–Trinajstić information content (AvgIpc) is 2.67. The summed E-state index contributed by atoms with van der Waals surface area (Å²) < 4.78 is 26.6. The Balaban J connectivity index is 1.51. The van der Waals surface area contributed by atoms with Gasteiger partial charge in [-0.25, -0.2) is 13.6 Å². The highest BCUT2D eigenvalue weighted by molar-refractivity contribution is 5.92. The third kappa shape index (κ3) is 6.53. The first-order valence-electron chi connectivity index (χ1n) is 9.59. The fourth-order valence-corrected chi connectivity index (χ4v) is 3.42. The van der Waals surface area contributed by atoms with Crippen LogP contribution in [-0.4, -0.2) is 42.5 Å². The van der Waals surface area contributed by atoms with Crippen molar-refractivity contribution in [3.05, 3.63) is 60.2 Å². The predicted octanol–water partition coefficient (Wildman–Crippen LogP) is 3.58. The number of nitrogens with one attached hydrogen (secondary N) is 3. The number of rotatable bonds is 6. The van der Waals surface area contributed by atoms with Gasteiger partial charge in [0.25, 0.3) is 0 Å². The summed E-state index contributed by atoms with van der Waals surface area (Å²) in [6.07, 6.45) is 2.82. The number of halogens is 2. The summed E-state index contributed by atoms with van der Waals surface area (Å²) in [4.78, 5) is 26.4. The number of likely N-dealkylation sites (tertiary alicyclic amines) is 1. The number of para-hydroxylation sites is 1. The van der Waals surface area contributed by atoms with Gasteiger partial charge in [-0.2, -0.15) is 0 Å². The van der Waals surface area contributed by atoms with Gasteiger partial charge in [-0.1, -0.05) is 24.6 Å². The van der Waals surface area contributed by atoms with E-state index >= 15 is 0 Å². The van der Waals surface area contributed by atoms with Crippen molar-refractivity contribution in [2.75, 3.05) is 30.3 Å². The minimum Gasteiger partial charge on any atom is -0.336 e. The van der Waals surface area contributed by atoms with Gasteiger partial charge < -0.3 is 16.0 Å². The van der Waals surface area contributed by atoms with Crippen molar-refractivity contribution in [2.24, 2.45) is 0 Å². The lowest BCUT2D eigenvalue weighted by Crippen LogP contribution is -2.49. The van der Waals surface area contributed by atoms with Gasteiger partial charge in [-0.05, 0) is 43.7 Å². The molecule has 0 aliphatic carbocycles. The van der Waals surface area contributed by atoms with E-state index < -0.39 is 11.6 Å². The van der Waals surface area contributed by atoms with E-state index in [1.807, 2.05) is 23.1 Å². The summed E-state index contributed by atoms with van der Waals surface area (Å²) in [6, 6.07) is 11.7. The quantitative estimate of drug-likeness (QED) is 0.692. The van der Waals surface area contributed by atoms with E-state index in [0.29, 0.717) is 12.2 Å². The monoisotopic (exact) mass is 402 g/mol. The molecule has 154 valence electrons. The van der Waals surface area contributed by atoms with Crippen LogP contribution in [0.5, 0.6) is 0 Å². The lowest BCUT2D eigenvalue weighted by Gasteiger charge is -2.35. The predicted molar refractivity (Wildman–Crippen MR) is 108 cm³/mol. The van der Waals surface area contributed by atoms with Crippen molar-refractivity contribution in [1.29, 1.82) is 0 Å². The topological polar surface area (TPSA) is 73.5 Å². The van der Waals surface area contributed by atoms with Gasteiger partial charge in [0.15, 0.2) is 0 Å². The molecule has 1 unspecified atom stereocenters. The number of amides is 3. The molecule has 1 atom stereocenters. The Morgan fingerprint density at radius 2 is 1.69 bits per heavy atom. The summed E-state index contributed by atoms with van der Waals surface area (Å²) in [6.45, 7) is 1.21. The Bertz CT molecular complexity index is 828. The number of piperidine rings is 1. The van der Waals surface area contributed by atoms with Crippen molar-refractivity contribution >= 4 is 23.3 Å². The summed E-state index contributed by atoms with van der Waals surface area (Å²) in [5.41, 5.74) is 0.786. The van der Waals surface area contributed by atoms with Crippen LogP contribution in [0, 0.1) is 11.6 Å². The Kier molecular flexibility index (Phi) is 7.13. The Morgan fingerprint density at radius 1 is 0.966 bits per heavy atom. The molecule has 1 heterocycles. The smallest absolute Gasteiger partial charge is 0.319 e. The lowest BCUT2D eigenvalue weighted by molar-refractivity contribution is -0.118. The minimum atomic E-state index is -0.746. The van der Waals surface area contributed by atoms with E-state index in [4.69, 9.17) is 0 Å². The molecule has 8 heteroatoms. The molecule has 1 saturated heterocycles. The Morgan fingerprint density at radius 3 is 2.41 bits per heavy atom. The van der Waals surface area contributed by atoms with Gasteiger partial charge in [0, 0.05) is 30.0 Å². The molecule has 0 saturated carbocycles. The zero-order chi connectivity index (χ0) is 20.6. The molecule has 2 aromatic rings. The molecule has 0 spiro atoms. The third-order valence-electron chi connectivity index (χ3n) is 4.77. The number of hydrogen-bond donors (Lipinski definition) is 3. The number of nitrogens with zero attached hydrogens (tertiary/aromatic N) is 1. The first kappa shape index (κ1) is 20.7. The molecular weight excluding hydrogens is 378 g/mol. The van der Waals surface area contributed by atoms with Gasteiger partial charge >= 0.3 is 6.03 Å². The van der Waals surface area contributed by atoms with E-state index in [2.05, 4.69) is 16.0 Å². The average molecular weight is 402 g/mol. The summed E-state index contributed by atoms with van der Waals surface area (Å²) in [5.74, 6) is -1.84. The van der Waals surface area contributed by atoms with Crippen LogP contribution in [0.1, 0.15) is 19.3 Å². The fourth-order valence-electron chi connectivity index (χ4n) is 3.42. The molecule has 0 radical (unpaired) electrons. The molecule has 0 bridgehead atoms. The molecular formula is C21H24F2N4O2. The number of carbonyl (C=O) groups is 2. The highest BCUT2D eigenvalue weighted by Gasteiger charge is 2.24. The van der Waals surface area contributed by atoms with Crippen molar-refractivity contribution < 1.29 is 18.4 Å². The third-order valence-corrected chi connectivity index (χ3v) is 4.77. The maximum absolute atomic E-state index is 13.3. The number of hydrogen-bond acceptors (Lipinski definition) is 3. The molecule has 3 amide bonds. The van der Waals surface area contributed by atoms with Crippen molar-refractivity contribution in [3.63, 3.8) is 0 Å². The zero-order valence-corrected chi connectivity index (χ0v) is 16.0. The van der Waals surface area contributed by atoms with Crippen molar-refractivity contribution in [3.8, 4) is 0 Å². The maximum Gasteiger partial charge on any atom is 0.319 e. The Hall–Kier alpha value is -3.00. The van der Waals surface area contributed by atoms with Crippen LogP contribution in [0.2, 0.25) is 0 Å².